The molecule has 138 valence electrons. The molecular weight excluding hydrogens is 331 g/mol. The molecule has 0 saturated carbocycles. The molecule has 0 aliphatic carbocycles. The van der Waals surface area contributed by atoms with Crippen molar-refractivity contribution >= 4 is 6.03 Å². The maximum atomic E-state index is 13.0. The summed E-state index contributed by atoms with van der Waals surface area (Å²) in [7, 11) is 0. The fraction of sp³-hybridized carbons (Fsp3) is 0.400. The summed E-state index contributed by atoms with van der Waals surface area (Å²) in [6.45, 7) is 4.73. The van der Waals surface area contributed by atoms with E-state index in [1.165, 1.54) is 17.7 Å². The summed E-state index contributed by atoms with van der Waals surface area (Å²) < 4.78 is 13.0. The van der Waals surface area contributed by atoms with Gasteiger partial charge in [-0.15, -0.1) is 0 Å². The van der Waals surface area contributed by atoms with Gasteiger partial charge in [-0.25, -0.2) is 9.18 Å². The van der Waals surface area contributed by atoms with Gasteiger partial charge in [0, 0.05) is 38.1 Å². The Hall–Kier alpha value is -2.47. The maximum absolute atomic E-state index is 13.0. The van der Waals surface area contributed by atoms with Gasteiger partial charge in [0.05, 0.1) is 6.04 Å². The van der Waals surface area contributed by atoms with Crippen LogP contribution in [0.4, 0.5) is 9.18 Å². The summed E-state index contributed by atoms with van der Waals surface area (Å²) in [6, 6.07) is 10.1. The van der Waals surface area contributed by atoms with Gasteiger partial charge in [0.15, 0.2) is 0 Å². The predicted octanol–water partition coefficient (Wildman–Crippen LogP) is 3.25. The quantitative estimate of drug-likeness (QED) is 0.865. The maximum Gasteiger partial charge on any atom is 0.315 e. The lowest BCUT2D eigenvalue weighted by molar-refractivity contribution is 0.186. The SMILES string of the molecule is C[C@@H](NC(=O)NC1CCN(Cc2ccncc2)CC1)c1ccc(F)cc1. The highest BCUT2D eigenvalue weighted by Crippen LogP contribution is 2.15. The van der Waals surface area contributed by atoms with Crippen LogP contribution in [-0.4, -0.2) is 35.0 Å². The summed E-state index contributed by atoms with van der Waals surface area (Å²) in [5, 5.41) is 5.98. The van der Waals surface area contributed by atoms with E-state index >= 15 is 0 Å². The second-order valence-electron chi connectivity index (χ2n) is 6.80. The topological polar surface area (TPSA) is 57.3 Å². The number of rotatable bonds is 5. The van der Waals surface area contributed by atoms with Crippen molar-refractivity contribution in [2.45, 2.75) is 38.4 Å². The predicted molar refractivity (Wildman–Crippen MR) is 99.0 cm³/mol. The number of hydrogen-bond acceptors (Lipinski definition) is 3. The van der Waals surface area contributed by atoms with E-state index in [1.54, 1.807) is 12.1 Å². The van der Waals surface area contributed by atoms with Crippen LogP contribution in [0.25, 0.3) is 0 Å². The molecule has 1 aromatic carbocycles. The lowest BCUT2D eigenvalue weighted by Gasteiger charge is -2.32. The molecule has 1 saturated heterocycles. The number of benzene rings is 1. The summed E-state index contributed by atoms with van der Waals surface area (Å²) in [5.41, 5.74) is 2.14. The van der Waals surface area contributed by atoms with E-state index < -0.39 is 0 Å². The van der Waals surface area contributed by atoms with Gasteiger partial charge in [-0.05, 0) is 55.2 Å². The van der Waals surface area contributed by atoms with E-state index in [1.807, 2.05) is 31.5 Å². The highest BCUT2D eigenvalue weighted by molar-refractivity contribution is 5.74. The number of piperidine rings is 1. The van der Waals surface area contributed by atoms with Crippen LogP contribution >= 0.6 is 0 Å². The lowest BCUT2D eigenvalue weighted by atomic mass is 10.0. The van der Waals surface area contributed by atoms with Crippen molar-refractivity contribution < 1.29 is 9.18 Å². The Labute approximate surface area is 153 Å². The molecule has 0 bridgehead atoms. The Bertz CT molecular complexity index is 700. The molecule has 2 heterocycles. The number of nitrogens with zero attached hydrogens (tertiary/aromatic N) is 2. The second-order valence-corrected chi connectivity index (χ2v) is 6.80. The fourth-order valence-electron chi connectivity index (χ4n) is 3.24. The molecule has 1 fully saturated rings. The van der Waals surface area contributed by atoms with Gasteiger partial charge < -0.3 is 10.6 Å². The van der Waals surface area contributed by atoms with Crippen LogP contribution in [0.1, 0.15) is 36.9 Å². The molecule has 0 radical (unpaired) electrons. The number of pyridine rings is 1. The summed E-state index contributed by atoms with van der Waals surface area (Å²) in [6.07, 6.45) is 5.50. The smallest absolute Gasteiger partial charge is 0.315 e. The molecular formula is C20H25FN4O. The van der Waals surface area contributed by atoms with Crippen LogP contribution in [0.15, 0.2) is 48.8 Å². The van der Waals surface area contributed by atoms with Gasteiger partial charge in [0.2, 0.25) is 0 Å². The van der Waals surface area contributed by atoms with Gasteiger partial charge in [-0.3, -0.25) is 9.88 Å². The van der Waals surface area contributed by atoms with Crippen molar-refractivity contribution in [2.75, 3.05) is 13.1 Å². The lowest BCUT2D eigenvalue weighted by Crippen LogP contribution is -2.48. The minimum Gasteiger partial charge on any atom is -0.335 e. The first-order valence-corrected chi connectivity index (χ1v) is 9.04. The molecule has 1 atom stereocenters. The normalized spacial score (nSPS) is 16.8. The van der Waals surface area contributed by atoms with Crippen molar-refractivity contribution in [3.63, 3.8) is 0 Å². The van der Waals surface area contributed by atoms with Gasteiger partial charge in [0.25, 0.3) is 0 Å². The van der Waals surface area contributed by atoms with E-state index in [-0.39, 0.29) is 23.9 Å². The first-order valence-electron chi connectivity index (χ1n) is 9.04. The molecule has 0 spiro atoms. The van der Waals surface area contributed by atoms with Crippen LogP contribution in [0.5, 0.6) is 0 Å². The number of aromatic nitrogens is 1. The van der Waals surface area contributed by atoms with Gasteiger partial charge in [-0.1, -0.05) is 12.1 Å². The van der Waals surface area contributed by atoms with E-state index in [2.05, 4.69) is 20.5 Å². The third kappa shape index (κ3) is 5.26. The van der Waals surface area contributed by atoms with E-state index in [0.29, 0.717) is 0 Å². The average molecular weight is 356 g/mol. The molecule has 5 nitrogen and oxygen atoms in total. The monoisotopic (exact) mass is 356 g/mol. The van der Waals surface area contributed by atoms with Crippen LogP contribution < -0.4 is 10.6 Å². The first-order chi connectivity index (χ1) is 12.6. The molecule has 26 heavy (non-hydrogen) atoms. The molecule has 1 aromatic heterocycles. The Morgan fingerprint density at radius 2 is 1.85 bits per heavy atom. The third-order valence-corrected chi connectivity index (χ3v) is 4.80. The number of carbonyl (C=O) groups excluding carboxylic acids is 1. The molecule has 3 rings (SSSR count). The van der Waals surface area contributed by atoms with Crippen molar-refractivity contribution in [1.29, 1.82) is 0 Å². The van der Waals surface area contributed by atoms with E-state index in [9.17, 15) is 9.18 Å². The number of carbonyl (C=O) groups is 1. The Balaban J connectivity index is 1.41. The zero-order chi connectivity index (χ0) is 18.4. The van der Waals surface area contributed by atoms with Crippen molar-refractivity contribution in [3.05, 3.63) is 65.7 Å². The molecule has 2 aromatic rings. The van der Waals surface area contributed by atoms with Crippen LogP contribution in [0, 0.1) is 5.82 Å². The number of nitrogens with one attached hydrogen (secondary N) is 2. The van der Waals surface area contributed by atoms with Crippen LogP contribution in [0.2, 0.25) is 0 Å². The second kappa shape index (κ2) is 8.76. The van der Waals surface area contributed by atoms with Crippen molar-refractivity contribution in [3.8, 4) is 0 Å². The number of urea groups is 1. The zero-order valence-corrected chi connectivity index (χ0v) is 15.0. The summed E-state index contributed by atoms with van der Waals surface area (Å²) in [4.78, 5) is 18.7. The minimum atomic E-state index is -0.274. The van der Waals surface area contributed by atoms with Gasteiger partial charge in [-0.2, -0.15) is 0 Å². The highest BCUT2D eigenvalue weighted by Gasteiger charge is 2.21. The van der Waals surface area contributed by atoms with Crippen molar-refractivity contribution in [1.82, 2.24) is 20.5 Å². The standard InChI is InChI=1S/C20H25FN4O/c1-15(17-2-4-18(21)5-3-17)23-20(26)24-19-8-12-25(13-9-19)14-16-6-10-22-11-7-16/h2-7,10-11,15,19H,8-9,12-14H2,1H3,(H2,23,24,26)/t15-/m1/s1. The molecule has 0 unspecified atom stereocenters. The summed E-state index contributed by atoms with van der Waals surface area (Å²) in [5.74, 6) is -0.274. The van der Waals surface area contributed by atoms with Gasteiger partial charge >= 0.3 is 6.03 Å². The third-order valence-electron chi connectivity index (χ3n) is 4.80. The number of halogens is 1. The van der Waals surface area contributed by atoms with E-state index in [0.717, 1.165) is 38.0 Å². The van der Waals surface area contributed by atoms with E-state index in [4.69, 9.17) is 0 Å². The van der Waals surface area contributed by atoms with Crippen molar-refractivity contribution in [2.24, 2.45) is 0 Å². The number of amides is 2. The van der Waals surface area contributed by atoms with Crippen LogP contribution in [0.3, 0.4) is 0 Å². The molecule has 1 aliphatic heterocycles. The largest absolute Gasteiger partial charge is 0.335 e. The first kappa shape index (κ1) is 18.3. The highest BCUT2D eigenvalue weighted by atomic mass is 19.1. The Morgan fingerprint density at radius 3 is 2.50 bits per heavy atom. The molecule has 1 aliphatic rings. The number of hydrogen-bond donors (Lipinski definition) is 2. The average Bonchev–Trinajstić information content (AvgIpc) is 2.64. The Kier molecular flexibility index (Phi) is 6.17. The molecule has 6 heteroatoms. The molecule has 2 amide bonds. The van der Waals surface area contributed by atoms with Crippen LogP contribution in [-0.2, 0) is 6.54 Å². The molecule has 2 N–H and O–H groups in total. The fourth-order valence-corrected chi connectivity index (χ4v) is 3.24. The minimum absolute atomic E-state index is 0.164. The number of likely N-dealkylation sites (tertiary alicyclic amines) is 1. The Morgan fingerprint density at radius 1 is 1.19 bits per heavy atom. The van der Waals surface area contributed by atoms with Gasteiger partial charge in [0.1, 0.15) is 5.82 Å². The zero-order valence-electron chi connectivity index (χ0n) is 15.0. The summed E-state index contributed by atoms with van der Waals surface area (Å²) >= 11 is 0.